The van der Waals surface area contributed by atoms with E-state index in [0.717, 1.165) is 44.6 Å². The largest absolute Gasteiger partial charge is 0.456 e. The molecule has 73 heavy (non-hydrogen) atoms. The van der Waals surface area contributed by atoms with Crippen LogP contribution in [0.25, 0.3) is 66.4 Å². The zero-order valence-electron chi connectivity index (χ0n) is 40.5. The molecule has 0 unspecified atom stereocenters. The van der Waals surface area contributed by atoms with Gasteiger partial charge in [0.15, 0.2) is 0 Å². The summed E-state index contributed by atoms with van der Waals surface area (Å²) in [6.07, 6.45) is 0. The van der Waals surface area contributed by atoms with Gasteiger partial charge in [-0.3, -0.25) is 0 Å². The molecule has 0 saturated carbocycles. The summed E-state index contributed by atoms with van der Waals surface area (Å²) < 4.78 is 7.43. The lowest BCUT2D eigenvalue weighted by Crippen LogP contribution is -2.28. The third-order valence-electron chi connectivity index (χ3n) is 17.4. The van der Waals surface area contributed by atoms with E-state index in [9.17, 15) is 0 Å². The number of nitrogens with zero attached hydrogens (tertiary/aromatic N) is 1. The monoisotopic (exact) mass is 929 g/mol. The molecule has 2 heteroatoms. The van der Waals surface area contributed by atoms with E-state index in [2.05, 4.69) is 267 Å². The van der Waals surface area contributed by atoms with Crippen LogP contribution < -0.4 is 4.90 Å². The van der Waals surface area contributed by atoms with E-state index in [0.29, 0.717) is 0 Å². The predicted octanol–water partition coefficient (Wildman–Crippen LogP) is 18.1. The third kappa shape index (κ3) is 5.12. The second-order valence-electron chi connectivity index (χ2n) is 21.0. The Hall–Kier alpha value is -8.98. The Kier molecular flexibility index (Phi) is 8.12. The molecule has 0 atom stereocenters. The molecule has 0 bridgehead atoms. The number of furan rings is 1. The van der Waals surface area contributed by atoms with Gasteiger partial charge in [0, 0.05) is 44.9 Å². The van der Waals surface area contributed by atoms with Crippen LogP contribution >= 0.6 is 0 Å². The van der Waals surface area contributed by atoms with Crippen LogP contribution in [0.3, 0.4) is 0 Å². The highest BCUT2D eigenvalue weighted by Crippen LogP contribution is 2.64. The minimum atomic E-state index is -0.596. The molecule has 16 rings (SSSR count). The molecule has 4 aliphatic rings. The summed E-state index contributed by atoms with van der Waals surface area (Å²) in [5.41, 5.74) is 27.0. The molecule has 1 aromatic heterocycles. The molecule has 0 amide bonds. The lowest BCUT2D eigenvalue weighted by molar-refractivity contribution is 0.648. The van der Waals surface area contributed by atoms with E-state index in [1.165, 1.54) is 94.6 Å². The predicted molar refractivity (Wildman–Crippen MR) is 300 cm³/mol. The van der Waals surface area contributed by atoms with E-state index in [1.54, 1.807) is 0 Å². The quantitative estimate of drug-likeness (QED) is 0.171. The molecule has 0 fully saturated rings. The number of rotatable bonds is 5. The Bertz CT molecular complexity index is 4210. The lowest BCUT2D eigenvalue weighted by Gasteiger charge is -2.33. The number of anilines is 3. The van der Waals surface area contributed by atoms with Crippen molar-refractivity contribution in [1.82, 2.24) is 0 Å². The van der Waals surface area contributed by atoms with Crippen LogP contribution in [0, 0.1) is 0 Å². The van der Waals surface area contributed by atoms with E-state index in [-0.39, 0.29) is 5.41 Å². The van der Waals surface area contributed by atoms with Gasteiger partial charge in [-0.2, -0.15) is 0 Å². The molecule has 0 aliphatic heterocycles. The molecule has 0 saturated heterocycles. The van der Waals surface area contributed by atoms with Crippen molar-refractivity contribution in [2.45, 2.75) is 30.1 Å². The minimum absolute atomic E-state index is 0.181. The second-order valence-corrected chi connectivity index (χ2v) is 21.0. The molecule has 0 radical (unpaired) electrons. The highest BCUT2D eigenvalue weighted by Gasteiger charge is 2.52. The summed E-state index contributed by atoms with van der Waals surface area (Å²) >= 11 is 0. The average molecular weight is 930 g/mol. The topological polar surface area (TPSA) is 16.4 Å². The first-order chi connectivity index (χ1) is 36.0. The summed E-state index contributed by atoms with van der Waals surface area (Å²) in [5.74, 6) is 0. The van der Waals surface area contributed by atoms with E-state index < -0.39 is 10.8 Å². The van der Waals surface area contributed by atoms with Crippen LogP contribution in [0.1, 0.15) is 69.5 Å². The summed E-state index contributed by atoms with van der Waals surface area (Å²) in [6.45, 7) is 4.75. The van der Waals surface area contributed by atoms with Gasteiger partial charge in [-0.15, -0.1) is 0 Å². The Labute approximate surface area is 425 Å². The molecular formula is C71H47NO. The molecule has 12 aromatic rings. The molecule has 4 aliphatic carbocycles. The van der Waals surface area contributed by atoms with Crippen molar-refractivity contribution in [1.29, 1.82) is 0 Å². The molecule has 1 spiro atoms. The van der Waals surface area contributed by atoms with Crippen molar-refractivity contribution in [2.75, 3.05) is 4.90 Å². The Balaban J connectivity index is 0.943. The van der Waals surface area contributed by atoms with Crippen LogP contribution in [0.4, 0.5) is 17.1 Å². The Morgan fingerprint density at radius 1 is 0.288 bits per heavy atom. The van der Waals surface area contributed by atoms with Gasteiger partial charge in [-0.1, -0.05) is 220 Å². The number of benzene rings is 11. The number of fused-ring (bicyclic) bond motifs is 19. The van der Waals surface area contributed by atoms with Gasteiger partial charge in [0.05, 0.1) is 10.8 Å². The van der Waals surface area contributed by atoms with Crippen molar-refractivity contribution < 1.29 is 4.42 Å². The molecule has 2 nitrogen and oxygen atoms in total. The maximum atomic E-state index is 7.43. The van der Waals surface area contributed by atoms with Crippen LogP contribution in [-0.4, -0.2) is 0 Å². The van der Waals surface area contributed by atoms with Gasteiger partial charge in [-0.05, 0) is 131 Å². The zero-order valence-corrected chi connectivity index (χ0v) is 40.5. The fraction of sp³-hybridized carbons (Fsp3) is 0.0704. The molecular weight excluding hydrogens is 883 g/mol. The van der Waals surface area contributed by atoms with Crippen molar-refractivity contribution in [2.24, 2.45) is 0 Å². The zero-order chi connectivity index (χ0) is 48.2. The smallest absolute Gasteiger partial charge is 0.140 e. The van der Waals surface area contributed by atoms with Gasteiger partial charge in [0.25, 0.3) is 0 Å². The van der Waals surface area contributed by atoms with Crippen LogP contribution in [0.15, 0.2) is 253 Å². The van der Waals surface area contributed by atoms with E-state index in [4.69, 9.17) is 4.42 Å². The summed E-state index contributed by atoms with van der Waals surface area (Å²) in [4.78, 5) is 2.48. The van der Waals surface area contributed by atoms with Crippen LogP contribution in [0.2, 0.25) is 0 Å². The highest BCUT2D eigenvalue weighted by atomic mass is 16.3. The standard InChI is InChI=1S/C71H47NO/c1-69(2)58-28-12-6-21-48(58)54-38-35-45(41-65(54)69)72(46-36-39-55-53-26-11-17-33-63(53)71(66(55)42-46)61-31-15-9-24-51(61)52-25-10-16-32-62(52)71)47-37-40-56-57-27-18-34-64(68(57)73-67(56)43-47)70(44-19-4-3-5-20-44)59-29-13-7-22-49(59)50-23-8-14-30-60(50)70/h3-43H,1-2H3. The number of para-hydroxylation sites is 1. The fourth-order valence-electron chi connectivity index (χ4n) is 14.4. The maximum absolute atomic E-state index is 7.43. The van der Waals surface area contributed by atoms with Crippen molar-refractivity contribution in [3.63, 3.8) is 0 Å². The minimum Gasteiger partial charge on any atom is -0.456 e. The maximum Gasteiger partial charge on any atom is 0.140 e. The van der Waals surface area contributed by atoms with Gasteiger partial charge < -0.3 is 9.32 Å². The average Bonchev–Trinajstić information content (AvgIpc) is 4.21. The van der Waals surface area contributed by atoms with Gasteiger partial charge >= 0.3 is 0 Å². The van der Waals surface area contributed by atoms with Crippen molar-refractivity contribution in [3.8, 4) is 44.5 Å². The van der Waals surface area contributed by atoms with E-state index in [1.807, 2.05) is 0 Å². The van der Waals surface area contributed by atoms with Gasteiger partial charge in [0.2, 0.25) is 0 Å². The van der Waals surface area contributed by atoms with Crippen LogP contribution in [0.5, 0.6) is 0 Å². The summed E-state index contributed by atoms with van der Waals surface area (Å²) in [5, 5.41) is 2.20. The Morgan fingerprint density at radius 2 is 0.685 bits per heavy atom. The Morgan fingerprint density at radius 3 is 1.23 bits per heavy atom. The lowest BCUT2D eigenvalue weighted by atomic mass is 9.67. The second kappa shape index (κ2) is 14.6. The molecule has 1 heterocycles. The first-order valence-electron chi connectivity index (χ1n) is 25.7. The molecule has 0 N–H and O–H groups in total. The summed E-state index contributed by atoms with van der Waals surface area (Å²) in [6, 6.07) is 93.1. The first-order valence-corrected chi connectivity index (χ1v) is 25.7. The normalized spacial score (nSPS) is 15.0. The number of hydrogen-bond acceptors (Lipinski definition) is 2. The fourth-order valence-corrected chi connectivity index (χ4v) is 14.4. The van der Waals surface area contributed by atoms with Gasteiger partial charge in [0.1, 0.15) is 11.2 Å². The highest BCUT2D eigenvalue weighted by molar-refractivity contribution is 6.09. The first kappa shape index (κ1) is 40.7. The van der Waals surface area contributed by atoms with Crippen molar-refractivity contribution in [3.05, 3.63) is 304 Å². The number of hydrogen-bond donors (Lipinski definition) is 0. The van der Waals surface area contributed by atoms with Crippen LogP contribution in [-0.2, 0) is 16.2 Å². The van der Waals surface area contributed by atoms with Crippen molar-refractivity contribution >= 4 is 39.0 Å². The molecule has 342 valence electrons. The molecule has 11 aromatic carbocycles. The summed E-state index contributed by atoms with van der Waals surface area (Å²) in [7, 11) is 0. The third-order valence-corrected chi connectivity index (χ3v) is 17.4. The SMILES string of the molecule is CC1(C)c2ccccc2-c2ccc(N(c3ccc4c(c3)C3(c5ccccc5-c5ccccc53)c3ccccc3-4)c3ccc4c(c3)oc3c(C5(c6ccccc6)c6ccccc6-c6ccccc65)cccc34)cc21. The van der Waals surface area contributed by atoms with E-state index >= 15 is 0 Å². The van der Waals surface area contributed by atoms with Gasteiger partial charge in [-0.25, -0.2) is 0 Å².